The first-order valence-corrected chi connectivity index (χ1v) is 11.5. The van der Waals surface area contributed by atoms with Crippen LogP contribution in [0.3, 0.4) is 0 Å². The van der Waals surface area contributed by atoms with Crippen molar-refractivity contribution in [2.24, 2.45) is 24.8 Å². The van der Waals surface area contributed by atoms with Crippen LogP contribution in [0.1, 0.15) is 16.8 Å². The van der Waals surface area contributed by atoms with Crippen molar-refractivity contribution in [3.05, 3.63) is 86.0 Å². The maximum Gasteiger partial charge on any atom is 0.431 e. The summed E-state index contributed by atoms with van der Waals surface area (Å²) in [5.74, 6) is 0.929. The summed E-state index contributed by atoms with van der Waals surface area (Å²) in [6.07, 6.45) is -0.797. The van der Waals surface area contributed by atoms with Gasteiger partial charge >= 0.3 is 6.18 Å². The van der Waals surface area contributed by atoms with Gasteiger partial charge in [-0.1, -0.05) is 18.2 Å². The van der Waals surface area contributed by atoms with Crippen LogP contribution in [-0.4, -0.2) is 33.6 Å². The molecule has 198 valence electrons. The highest BCUT2D eigenvalue weighted by Gasteiger charge is 2.35. The highest BCUT2D eigenvalue weighted by atomic mass is 19.4. The molecule has 4 aromatic rings. The molecule has 0 fully saturated rings. The first kappa shape index (κ1) is 26.5. The van der Waals surface area contributed by atoms with E-state index < -0.39 is 23.0 Å². The maximum absolute atomic E-state index is 13.5. The predicted octanol–water partition coefficient (Wildman–Crippen LogP) is 4.57. The molecular formula is C27H26F3N5O3. The van der Waals surface area contributed by atoms with E-state index in [1.54, 1.807) is 7.05 Å². The molecule has 4 rings (SSSR count). The average molecular weight is 526 g/mol. The van der Waals surface area contributed by atoms with Crippen molar-refractivity contribution in [2.45, 2.75) is 20.0 Å². The number of nitrogens with two attached hydrogens (primary N) is 1. The summed E-state index contributed by atoms with van der Waals surface area (Å²) in [4.78, 5) is 32.2. The van der Waals surface area contributed by atoms with E-state index in [-0.39, 0.29) is 16.8 Å². The van der Waals surface area contributed by atoms with Gasteiger partial charge in [-0.25, -0.2) is 0 Å². The summed E-state index contributed by atoms with van der Waals surface area (Å²) in [5, 5.41) is 0.291. The van der Waals surface area contributed by atoms with Crippen LogP contribution in [0.5, 0.6) is 11.5 Å². The van der Waals surface area contributed by atoms with E-state index in [0.29, 0.717) is 28.0 Å². The van der Waals surface area contributed by atoms with Gasteiger partial charge < -0.3 is 24.6 Å². The number of hydrogen-bond donors (Lipinski definition) is 2. The number of nitrogens with one attached hydrogen (secondary N) is 1. The summed E-state index contributed by atoms with van der Waals surface area (Å²) >= 11 is 0. The standard InChI is InChI=1S/C27H26F3N5O3/c1-14-7-6-8-15(2)24(14)38-21-13-34(4)22(36)10-16(21)19-12-35(5)26(37)23-17(19)9-20(33-23)18(11-32-3)25(31)27(28,29)30/h6-13,33H,31H2,1-5H3. The van der Waals surface area contributed by atoms with E-state index in [9.17, 15) is 22.8 Å². The minimum Gasteiger partial charge on any atom is -0.455 e. The van der Waals surface area contributed by atoms with Crippen molar-refractivity contribution in [1.29, 1.82) is 0 Å². The van der Waals surface area contributed by atoms with Crippen molar-refractivity contribution >= 4 is 22.7 Å². The molecule has 3 heterocycles. The average Bonchev–Trinajstić information content (AvgIpc) is 3.29. The molecule has 0 spiro atoms. The number of aromatic nitrogens is 3. The zero-order chi connectivity index (χ0) is 27.9. The topological polar surface area (TPSA) is 107 Å². The first-order valence-electron chi connectivity index (χ1n) is 11.5. The van der Waals surface area contributed by atoms with E-state index in [2.05, 4.69) is 9.98 Å². The SMILES string of the molecule is CN=CC(=C(N)C(F)(F)F)c1cc2c(-c3cc(=O)n(C)cc3Oc3c(C)cccc3C)cn(C)c(=O)c2[nH]1. The van der Waals surface area contributed by atoms with Crippen LogP contribution in [0.15, 0.2) is 63.0 Å². The summed E-state index contributed by atoms with van der Waals surface area (Å²) in [6.45, 7) is 3.78. The monoisotopic (exact) mass is 525 g/mol. The Bertz CT molecular complexity index is 1720. The van der Waals surface area contributed by atoms with Crippen LogP contribution < -0.4 is 21.6 Å². The molecule has 1 aromatic carbocycles. The molecular weight excluding hydrogens is 499 g/mol. The van der Waals surface area contributed by atoms with Gasteiger partial charge in [-0.3, -0.25) is 14.6 Å². The Morgan fingerprint density at radius 3 is 2.32 bits per heavy atom. The number of ether oxygens (including phenoxy) is 1. The number of aliphatic imine (C=N–C) groups is 1. The fourth-order valence-corrected chi connectivity index (χ4v) is 4.23. The largest absolute Gasteiger partial charge is 0.455 e. The molecule has 38 heavy (non-hydrogen) atoms. The quantitative estimate of drug-likeness (QED) is 0.372. The highest BCUT2D eigenvalue weighted by Crippen LogP contribution is 2.38. The Morgan fingerprint density at radius 1 is 1.05 bits per heavy atom. The van der Waals surface area contributed by atoms with Gasteiger partial charge in [0.25, 0.3) is 11.1 Å². The number of benzene rings is 1. The molecule has 3 N–H and O–H groups in total. The molecule has 0 radical (unpaired) electrons. The molecule has 0 amide bonds. The van der Waals surface area contributed by atoms with Crippen LogP contribution in [0.2, 0.25) is 0 Å². The molecule has 11 heteroatoms. The van der Waals surface area contributed by atoms with Gasteiger partial charge in [-0.2, -0.15) is 13.2 Å². The molecule has 0 aliphatic heterocycles. The number of fused-ring (bicyclic) bond motifs is 1. The normalized spacial score (nSPS) is 12.8. The van der Waals surface area contributed by atoms with Crippen molar-refractivity contribution in [1.82, 2.24) is 14.1 Å². The first-order chi connectivity index (χ1) is 17.8. The Morgan fingerprint density at radius 2 is 1.71 bits per heavy atom. The fourth-order valence-electron chi connectivity index (χ4n) is 4.23. The minimum absolute atomic E-state index is 0.0377. The van der Waals surface area contributed by atoms with Gasteiger partial charge in [-0.05, 0) is 31.0 Å². The second kappa shape index (κ2) is 9.73. The lowest BCUT2D eigenvalue weighted by molar-refractivity contribution is -0.0918. The van der Waals surface area contributed by atoms with E-state index in [0.717, 1.165) is 17.3 Å². The molecule has 8 nitrogen and oxygen atoms in total. The second-order valence-corrected chi connectivity index (χ2v) is 8.97. The number of alkyl halides is 3. The number of allylic oxidation sites excluding steroid dienone is 2. The molecule has 0 aliphatic carbocycles. The number of hydrogen-bond acceptors (Lipinski definition) is 5. The van der Waals surface area contributed by atoms with Gasteiger partial charge in [0.2, 0.25) is 0 Å². The van der Waals surface area contributed by atoms with Crippen LogP contribution in [-0.2, 0) is 14.1 Å². The number of nitrogens with zero attached hydrogens (tertiary/aromatic N) is 3. The van der Waals surface area contributed by atoms with Gasteiger partial charge in [0.15, 0.2) is 5.75 Å². The molecule has 0 saturated carbocycles. The Labute approximate surface area is 215 Å². The van der Waals surface area contributed by atoms with E-state index in [4.69, 9.17) is 10.5 Å². The zero-order valence-electron chi connectivity index (χ0n) is 21.4. The second-order valence-electron chi connectivity index (χ2n) is 8.97. The number of H-pyrrole nitrogens is 1. The van der Waals surface area contributed by atoms with Crippen molar-refractivity contribution in [3.63, 3.8) is 0 Å². The van der Waals surface area contributed by atoms with Gasteiger partial charge in [0, 0.05) is 61.7 Å². The molecule has 0 unspecified atom stereocenters. The fraction of sp³-hybridized carbons (Fsp3) is 0.222. The number of para-hydroxylation sites is 1. The molecule has 0 aliphatic rings. The number of halogens is 3. The number of rotatable bonds is 5. The third kappa shape index (κ3) is 4.74. The molecule has 0 atom stereocenters. The predicted molar refractivity (Wildman–Crippen MR) is 142 cm³/mol. The number of aryl methyl sites for hydroxylation is 4. The van der Waals surface area contributed by atoms with Crippen molar-refractivity contribution in [2.75, 3.05) is 7.05 Å². The number of aromatic amines is 1. The van der Waals surface area contributed by atoms with Crippen LogP contribution in [0, 0.1) is 13.8 Å². The summed E-state index contributed by atoms with van der Waals surface area (Å²) in [5.41, 5.74) is 5.32. The summed E-state index contributed by atoms with van der Waals surface area (Å²) in [7, 11) is 4.40. The Balaban J connectivity index is 2.04. The lowest BCUT2D eigenvalue weighted by Crippen LogP contribution is -2.22. The van der Waals surface area contributed by atoms with E-state index in [1.165, 1.54) is 47.8 Å². The van der Waals surface area contributed by atoms with Gasteiger partial charge in [0.1, 0.15) is 17.0 Å². The number of pyridine rings is 2. The molecule has 0 saturated heterocycles. The van der Waals surface area contributed by atoms with Crippen molar-refractivity contribution < 1.29 is 17.9 Å². The highest BCUT2D eigenvalue weighted by molar-refractivity contribution is 6.12. The van der Waals surface area contributed by atoms with E-state index in [1.807, 2.05) is 32.0 Å². The lowest BCUT2D eigenvalue weighted by atomic mass is 10.0. The summed E-state index contributed by atoms with van der Waals surface area (Å²) < 4.78 is 49.4. The third-order valence-electron chi connectivity index (χ3n) is 6.21. The van der Waals surface area contributed by atoms with Gasteiger partial charge in [0.05, 0.1) is 11.9 Å². The van der Waals surface area contributed by atoms with Gasteiger partial charge in [-0.15, -0.1) is 0 Å². The van der Waals surface area contributed by atoms with E-state index >= 15 is 0 Å². The van der Waals surface area contributed by atoms with Crippen LogP contribution >= 0.6 is 0 Å². The maximum atomic E-state index is 13.5. The van der Waals surface area contributed by atoms with Crippen LogP contribution in [0.25, 0.3) is 27.6 Å². The minimum atomic E-state index is -4.82. The van der Waals surface area contributed by atoms with Crippen molar-refractivity contribution in [3.8, 4) is 22.6 Å². The van der Waals surface area contributed by atoms with Crippen LogP contribution in [0.4, 0.5) is 13.2 Å². The smallest absolute Gasteiger partial charge is 0.431 e. The third-order valence-corrected chi connectivity index (χ3v) is 6.21. The lowest BCUT2D eigenvalue weighted by Gasteiger charge is -2.17. The summed E-state index contributed by atoms with van der Waals surface area (Å²) in [6, 6.07) is 8.43. The molecule has 3 aromatic heterocycles. The molecule has 0 bridgehead atoms. The zero-order valence-corrected chi connectivity index (χ0v) is 21.4. The Kier molecular flexibility index (Phi) is 6.79. The Hall–Kier alpha value is -4.54.